The summed E-state index contributed by atoms with van der Waals surface area (Å²) in [5.74, 6) is 0. The summed E-state index contributed by atoms with van der Waals surface area (Å²) in [4.78, 5) is 14.4. The van der Waals surface area contributed by atoms with E-state index in [4.69, 9.17) is 0 Å². The minimum absolute atomic E-state index is 0.176. The number of piperidine rings is 1. The first-order valence-electron chi connectivity index (χ1n) is 7.65. The average Bonchev–Trinajstić information content (AvgIpc) is 2.78. The molecule has 0 bridgehead atoms. The summed E-state index contributed by atoms with van der Waals surface area (Å²) in [6, 6.07) is 7.65. The van der Waals surface area contributed by atoms with Crippen LogP contribution >= 0.6 is 0 Å². The van der Waals surface area contributed by atoms with Crippen LogP contribution in [0.1, 0.15) is 30.0 Å². The van der Waals surface area contributed by atoms with E-state index in [1.165, 1.54) is 0 Å². The lowest BCUT2D eigenvalue weighted by Gasteiger charge is -2.30. The fraction of sp³-hybridized carbons (Fsp3) is 0.562. The van der Waals surface area contributed by atoms with Gasteiger partial charge in [-0.1, -0.05) is 24.3 Å². The number of aliphatic hydroxyl groups excluding tert-OH is 1. The van der Waals surface area contributed by atoms with Crippen LogP contribution in [-0.2, 0) is 6.42 Å². The largest absolute Gasteiger partial charge is 0.390 e. The number of amides is 2. The van der Waals surface area contributed by atoms with Gasteiger partial charge in [-0.15, -0.1) is 0 Å². The van der Waals surface area contributed by atoms with Crippen molar-refractivity contribution >= 4 is 6.03 Å². The SMILES string of the molecule is CN1CCC(NC(=O)NC2c3ccccc3CC2O)CC1. The predicted molar refractivity (Wildman–Crippen MR) is 81.1 cm³/mol. The number of benzene rings is 1. The Labute approximate surface area is 125 Å². The lowest BCUT2D eigenvalue weighted by Crippen LogP contribution is -2.48. The molecule has 1 heterocycles. The van der Waals surface area contributed by atoms with E-state index in [0.29, 0.717) is 6.42 Å². The number of carbonyl (C=O) groups excluding carboxylic acids is 1. The van der Waals surface area contributed by atoms with Gasteiger partial charge in [0.1, 0.15) is 0 Å². The van der Waals surface area contributed by atoms with Gasteiger partial charge >= 0.3 is 6.03 Å². The number of hydrogen-bond acceptors (Lipinski definition) is 3. The Morgan fingerprint density at radius 2 is 1.95 bits per heavy atom. The lowest BCUT2D eigenvalue weighted by atomic mass is 10.1. The van der Waals surface area contributed by atoms with Crippen molar-refractivity contribution in [2.75, 3.05) is 20.1 Å². The molecule has 0 spiro atoms. The minimum atomic E-state index is -0.536. The lowest BCUT2D eigenvalue weighted by molar-refractivity contribution is 0.140. The third kappa shape index (κ3) is 3.19. The highest BCUT2D eigenvalue weighted by molar-refractivity contribution is 5.75. The van der Waals surface area contributed by atoms with Crippen LogP contribution in [0.5, 0.6) is 0 Å². The maximum absolute atomic E-state index is 12.2. The number of likely N-dealkylation sites (tertiary alicyclic amines) is 1. The van der Waals surface area contributed by atoms with Gasteiger partial charge in [0.15, 0.2) is 0 Å². The second-order valence-electron chi connectivity index (χ2n) is 6.14. The van der Waals surface area contributed by atoms with Crippen LogP contribution < -0.4 is 10.6 Å². The van der Waals surface area contributed by atoms with Crippen LogP contribution in [0, 0.1) is 0 Å². The van der Waals surface area contributed by atoms with Gasteiger partial charge < -0.3 is 20.6 Å². The molecule has 0 saturated carbocycles. The summed E-state index contributed by atoms with van der Waals surface area (Å²) >= 11 is 0. The van der Waals surface area contributed by atoms with Crippen LogP contribution in [0.3, 0.4) is 0 Å². The Hall–Kier alpha value is -1.59. The molecular weight excluding hydrogens is 266 g/mol. The van der Waals surface area contributed by atoms with Gasteiger partial charge in [-0.25, -0.2) is 4.79 Å². The maximum Gasteiger partial charge on any atom is 0.315 e. The molecule has 2 aliphatic rings. The molecule has 1 fully saturated rings. The first-order chi connectivity index (χ1) is 10.1. The molecule has 2 amide bonds. The van der Waals surface area contributed by atoms with Gasteiger partial charge in [0.25, 0.3) is 0 Å². The molecule has 1 aliphatic heterocycles. The molecule has 2 unspecified atom stereocenters. The quantitative estimate of drug-likeness (QED) is 0.762. The maximum atomic E-state index is 12.2. The molecule has 3 rings (SSSR count). The number of urea groups is 1. The zero-order valence-electron chi connectivity index (χ0n) is 12.4. The smallest absolute Gasteiger partial charge is 0.315 e. The Kier molecular flexibility index (Phi) is 4.12. The van der Waals surface area contributed by atoms with Crippen LogP contribution in [0.25, 0.3) is 0 Å². The first-order valence-corrected chi connectivity index (χ1v) is 7.65. The number of carbonyl (C=O) groups is 1. The summed E-state index contributed by atoms with van der Waals surface area (Å²) in [5, 5.41) is 16.1. The fourth-order valence-corrected chi connectivity index (χ4v) is 3.27. The molecule has 0 aromatic heterocycles. The van der Waals surface area contributed by atoms with Crippen molar-refractivity contribution in [2.24, 2.45) is 0 Å². The highest BCUT2D eigenvalue weighted by Gasteiger charge is 2.32. The molecule has 2 atom stereocenters. The number of hydrogen-bond donors (Lipinski definition) is 3. The monoisotopic (exact) mass is 289 g/mol. The third-order valence-electron chi connectivity index (χ3n) is 4.54. The van der Waals surface area contributed by atoms with E-state index >= 15 is 0 Å². The molecule has 5 heteroatoms. The van der Waals surface area contributed by atoms with Crippen molar-refractivity contribution in [1.82, 2.24) is 15.5 Å². The van der Waals surface area contributed by atoms with Crippen LogP contribution in [-0.4, -0.2) is 48.3 Å². The molecule has 1 aliphatic carbocycles. The second kappa shape index (κ2) is 6.03. The summed E-state index contributed by atoms with van der Waals surface area (Å²) in [5.41, 5.74) is 2.15. The Morgan fingerprint density at radius 1 is 1.24 bits per heavy atom. The van der Waals surface area contributed by atoms with Crippen molar-refractivity contribution in [1.29, 1.82) is 0 Å². The van der Waals surface area contributed by atoms with Gasteiger partial charge in [0.2, 0.25) is 0 Å². The molecule has 1 aromatic carbocycles. The molecule has 1 aromatic rings. The van der Waals surface area contributed by atoms with Gasteiger partial charge in [-0.3, -0.25) is 0 Å². The van der Waals surface area contributed by atoms with Crippen molar-refractivity contribution < 1.29 is 9.90 Å². The summed E-state index contributed by atoms with van der Waals surface area (Å²) in [6.45, 7) is 2.03. The van der Waals surface area contributed by atoms with E-state index in [0.717, 1.165) is 37.1 Å². The summed E-state index contributed by atoms with van der Waals surface area (Å²) < 4.78 is 0. The molecule has 0 radical (unpaired) electrons. The summed E-state index contributed by atoms with van der Waals surface area (Å²) in [7, 11) is 2.10. The third-order valence-corrected chi connectivity index (χ3v) is 4.54. The molecule has 21 heavy (non-hydrogen) atoms. The second-order valence-corrected chi connectivity index (χ2v) is 6.14. The zero-order valence-corrected chi connectivity index (χ0v) is 12.4. The van der Waals surface area contributed by atoms with E-state index in [1.54, 1.807) is 0 Å². The van der Waals surface area contributed by atoms with Gasteiger partial charge in [0.05, 0.1) is 12.1 Å². The Bertz CT molecular complexity index is 512. The van der Waals surface area contributed by atoms with Crippen LogP contribution in [0.2, 0.25) is 0 Å². The highest BCUT2D eigenvalue weighted by atomic mass is 16.3. The molecule has 1 saturated heterocycles. The highest BCUT2D eigenvalue weighted by Crippen LogP contribution is 2.31. The van der Waals surface area contributed by atoms with Gasteiger partial charge in [-0.2, -0.15) is 0 Å². The van der Waals surface area contributed by atoms with E-state index in [1.807, 2.05) is 24.3 Å². The molecular formula is C16H23N3O2. The van der Waals surface area contributed by atoms with Gasteiger partial charge in [-0.05, 0) is 44.1 Å². The van der Waals surface area contributed by atoms with E-state index in [-0.39, 0.29) is 18.1 Å². The van der Waals surface area contributed by atoms with E-state index in [9.17, 15) is 9.90 Å². The average molecular weight is 289 g/mol. The normalized spacial score (nSPS) is 26.4. The van der Waals surface area contributed by atoms with Crippen molar-refractivity contribution in [3.63, 3.8) is 0 Å². The standard InChI is InChI=1S/C16H23N3O2/c1-19-8-6-12(7-9-19)17-16(21)18-15-13-5-3-2-4-11(13)10-14(15)20/h2-5,12,14-15,20H,6-10H2,1H3,(H2,17,18,21). The van der Waals surface area contributed by atoms with E-state index < -0.39 is 6.10 Å². The zero-order chi connectivity index (χ0) is 14.8. The first kappa shape index (κ1) is 14.4. The number of fused-ring (bicyclic) bond motifs is 1. The van der Waals surface area contributed by atoms with Crippen molar-refractivity contribution in [3.05, 3.63) is 35.4 Å². The van der Waals surface area contributed by atoms with Crippen LogP contribution in [0.15, 0.2) is 24.3 Å². The number of aliphatic hydroxyl groups is 1. The predicted octanol–water partition coefficient (Wildman–Crippen LogP) is 1.04. The van der Waals surface area contributed by atoms with Gasteiger partial charge in [0, 0.05) is 12.5 Å². The number of nitrogens with one attached hydrogen (secondary N) is 2. The number of rotatable bonds is 2. The topological polar surface area (TPSA) is 64.6 Å². The van der Waals surface area contributed by atoms with Crippen molar-refractivity contribution in [2.45, 2.75) is 37.5 Å². The van der Waals surface area contributed by atoms with Crippen molar-refractivity contribution in [3.8, 4) is 0 Å². The Balaban J connectivity index is 1.58. The molecule has 5 nitrogen and oxygen atoms in total. The van der Waals surface area contributed by atoms with Crippen LogP contribution in [0.4, 0.5) is 4.79 Å². The fourth-order valence-electron chi connectivity index (χ4n) is 3.27. The minimum Gasteiger partial charge on any atom is -0.390 e. The van der Waals surface area contributed by atoms with E-state index in [2.05, 4.69) is 22.6 Å². The molecule has 114 valence electrons. The number of nitrogens with zero attached hydrogens (tertiary/aromatic N) is 1. The molecule has 3 N–H and O–H groups in total. The summed E-state index contributed by atoms with van der Waals surface area (Å²) in [6.07, 6.45) is 2.03. The Morgan fingerprint density at radius 3 is 2.71 bits per heavy atom.